The lowest BCUT2D eigenvalue weighted by atomic mass is 10.0. The van der Waals surface area contributed by atoms with Crippen LogP contribution in [0.25, 0.3) is 0 Å². The van der Waals surface area contributed by atoms with Crippen molar-refractivity contribution in [1.82, 2.24) is 10.3 Å². The summed E-state index contributed by atoms with van der Waals surface area (Å²) in [5, 5.41) is 3.49. The molecule has 0 fully saturated rings. The second kappa shape index (κ2) is 6.62. The molecule has 2 rings (SSSR count). The molecule has 0 bridgehead atoms. The van der Waals surface area contributed by atoms with E-state index in [2.05, 4.69) is 17.2 Å². The van der Waals surface area contributed by atoms with Gasteiger partial charge in [-0.3, -0.25) is 4.98 Å². The van der Waals surface area contributed by atoms with Gasteiger partial charge in [-0.2, -0.15) is 0 Å². The Hall–Kier alpha value is -1.74. The molecule has 0 spiro atoms. The first kappa shape index (κ1) is 14.7. The van der Waals surface area contributed by atoms with Gasteiger partial charge in [-0.25, -0.2) is 4.39 Å². The third-order valence-corrected chi connectivity index (χ3v) is 3.32. The van der Waals surface area contributed by atoms with E-state index in [0.29, 0.717) is 5.56 Å². The first-order valence-corrected chi connectivity index (χ1v) is 7.04. The van der Waals surface area contributed by atoms with Gasteiger partial charge in [-0.1, -0.05) is 25.1 Å². The van der Waals surface area contributed by atoms with Gasteiger partial charge in [-0.05, 0) is 56.1 Å². The van der Waals surface area contributed by atoms with Crippen molar-refractivity contribution in [3.63, 3.8) is 0 Å². The number of nitrogens with one attached hydrogen (secondary N) is 1. The second-order valence-electron chi connectivity index (χ2n) is 5.10. The molecule has 1 aromatic heterocycles. The van der Waals surface area contributed by atoms with E-state index < -0.39 is 0 Å². The number of pyridine rings is 1. The summed E-state index contributed by atoms with van der Waals surface area (Å²) in [7, 11) is 0. The summed E-state index contributed by atoms with van der Waals surface area (Å²) < 4.78 is 13.4. The predicted molar refractivity (Wildman–Crippen MR) is 80.2 cm³/mol. The summed E-state index contributed by atoms with van der Waals surface area (Å²) in [6, 6.07) is 11.3. The van der Waals surface area contributed by atoms with Crippen molar-refractivity contribution in [1.29, 1.82) is 0 Å². The van der Waals surface area contributed by atoms with Crippen LogP contribution in [0.5, 0.6) is 0 Å². The summed E-state index contributed by atoms with van der Waals surface area (Å²) in [6.45, 7) is 6.80. The Kier molecular flexibility index (Phi) is 4.85. The predicted octanol–water partition coefficient (Wildman–Crippen LogP) is 3.93. The van der Waals surface area contributed by atoms with Gasteiger partial charge in [0.2, 0.25) is 0 Å². The molecule has 0 aliphatic rings. The van der Waals surface area contributed by atoms with Gasteiger partial charge < -0.3 is 5.32 Å². The number of aromatic nitrogens is 1. The van der Waals surface area contributed by atoms with Crippen LogP contribution in [0.2, 0.25) is 0 Å². The Balaban J connectivity index is 2.38. The third kappa shape index (κ3) is 3.42. The molecule has 2 nitrogen and oxygen atoms in total. The molecule has 1 aromatic carbocycles. The minimum atomic E-state index is -0.166. The molecular formula is C17H21FN2. The van der Waals surface area contributed by atoms with Crippen LogP contribution >= 0.6 is 0 Å². The second-order valence-corrected chi connectivity index (χ2v) is 5.10. The van der Waals surface area contributed by atoms with Crippen LogP contribution in [0, 0.1) is 19.7 Å². The lowest BCUT2D eigenvalue weighted by Crippen LogP contribution is -2.24. The van der Waals surface area contributed by atoms with Gasteiger partial charge in [0.1, 0.15) is 5.82 Å². The third-order valence-electron chi connectivity index (χ3n) is 3.32. The van der Waals surface area contributed by atoms with Gasteiger partial charge >= 0.3 is 0 Å². The molecule has 0 amide bonds. The summed E-state index contributed by atoms with van der Waals surface area (Å²) in [5.74, 6) is -0.166. The SMILES string of the molecule is CCCNC(c1ccc(F)c(C)c1)c1cccc(C)n1. The van der Waals surface area contributed by atoms with Crippen LogP contribution in [0.4, 0.5) is 4.39 Å². The molecule has 106 valence electrons. The van der Waals surface area contributed by atoms with E-state index >= 15 is 0 Å². The molecule has 0 saturated carbocycles. The fourth-order valence-electron chi connectivity index (χ4n) is 2.25. The molecule has 1 atom stereocenters. The molecule has 0 aliphatic carbocycles. The molecule has 0 aliphatic heterocycles. The van der Waals surface area contributed by atoms with Gasteiger partial charge in [0.15, 0.2) is 0 Å². The fraction of sp³-hybridized carbons (Fsp3) is 0.353. The Morgan fingerprint density at radius 1 is 1.20 bits per heavy atom. The minimum Gasteiger partial charge on any atom is -0.305 e. The van der Waals surface area contributed by atoms with Gasteiger partial charge in [0.05, 0.1) is 11.7 Å². The number of rotatable bonds is 5. The van der Waals surface area contributed by atoms with Crippen molar-refractivity contribution >= 4 is 0 Å². The molecule has 1 N–H and O–H groups in total. The maximum atomic E-state index is 13.4. The molecule has 0 saturated heterocycles. The van der Waals surface area contributed by atoms with Gasteiger partial charge in [0, 0.05) is 5.69 Å². The molecule has 2 aromatic rings. The standard InChI is InChI=1S/C17H21FN2/c1-4-10-19-17(16-7-5-6-13(3)20-16)14-8-9-15(18)12(2)11-14/h5-9,11,17,19H,4,10H2,1-3H3. The zero-order valence-electron chi connectivity index (χ0n) is 12.3. The van der Waals surface area contributed by atoms with Crippen LogP contribution in [-0.4, -0.2) is 11.5 Å². The highest BCUT2D eigenvalue weighted by Gasteiger charge is 2.15. The van der Waals surface area contributed by atoms with Crippen molar-refractivity contribution in [2.45, 2.75) is 33.2 Å². The maximum Gasteiger partial charge on any atom is 0.126 e. The number of nitrogens with zero attached hydrogens (tertiary/aromatic N) is 1. The van der Waals surface area contributed by atoms with Gasteiger partial charge in [-0.15, -0.1) is 0 Å². The quantitative estimate of drug-likeness (QED) is 0.892. The Morgan fingerprint density at radius 3 is 2.65 bits per heavy atom. The van der Waals surface area contributed by atoms with Crippen LogP contribution in [0.15, 0.2) is 36.4 Å². The van der Waals surface area contributed by atoms with E-state index in [4.69, 9.17) is 0 Å². The molecular weight excluding hydrogens is 251 g/mol. The minimum absolute atomic E-state index is 0.00847. The lowest BCUT2D eigenvalue weighted by molar-refractivity contribution is 0.579. The van der Waals surface area contributed by atoms with Gasteiger partial charge in [0.25, 0.3) is 0 Å². The number of hydrogen-bond donors (Lipinski definition) is 1. The largest absolute Gasteiger partial charge is 0.305 e. The van der Waals surface area contributed by atoms with E-state index in [9.17, 15) is 4.39 Å². The smallest absolute Gasteiger partial charge is 0.126 e. The van der Waals surface area contributed by atoms with E-state index in [-0.39, 0.29) is 11.9 Å². The number of halogens is 1. The Bertz CT molecular complexity index is 581. The average Bonchev–Trinajstić information content (AvgIpc) is 2.43. The number of aryl methyl sites for hydroxylation is 2. The molecule has 1 unspecified atom stereocenters. The van der Waals surface area contributed by atoms with Crippen molar-refractivity contribution in [2.75, 3.05) is 6.54 Å². The van der Waals surface area contributed by atoms with Crippen molar-refractivity contribution in [2.24, 2.45) is 0 Å². The number of hydrogen-bond acceptors (Lipinski definition) is 2. The first-order valence-electron chi connectivity index (χ1n) is 7.04. The van der Waals surface area contributed by atoms with Crippen LogP contribution in [0.3, 0.4) is 0 Å². The maximum absolute atomic E-state index is 13.4. The highest BCUT2D eigenvalue weighted by atomic mass is 19.1. The van der Waals surface area contributed by atoms with Crippen molar-refractivity contribution in [3.05, 3.63) is 64.7 Å². The fourth-order valence-corrected chi connectivity index (χ4v) is 2.25. The highest BCUT2D eigenvalue weighted by molar-refractivity contribution is 5.32. The lowest BCUT2D eigenvalue weighted by Gasteiger charge is -2.19. The molecule has 0 radical (unpaired) electrons. The van der Waals surface area contributed by atoms with Crippen LogP contribution < -0.4 is 5.32 Å². The monoisotopic (exact) mass is 272 g/mol. The zero-order chi connectivity index (χ0) is 14.5. The molecule has 3 heteroatoms. The Labute approximate surface area is 120 Å². The van der Waals surface area contributed by atoms with E-state index in [0.717, 1.165) is 29.9 Å². The summed E-state index contributed by atoms with van der Waals surface area (Å²) in [6.07, 6.45) is 1.04. The first-order chi connectivity index (χ1) is 9.61. The van der Waals surface area contributed by atoms with E-state index in [1.54, 1.807) is 6.92 Å². The normalized spacial score (nSPS) is 12.4. The molecule has 1 heterocycles. The van der Waals surface area contributed by atoms with Crippen LogP contribution in [0.1, 0.15) is 41.9 Å². The van der Waals surface area contributed by atoms with E-state index in [1.165, 1.54) is 6.07 Å². The van der Waals surface area contributed by atoms with Crippen molar-refractivity contribution in [3.8, 4) is 0 Å². The average molecular weight is 272 g/mol. The Morgan fingerprint density at radius 2 is 2.00 bits per heavy atom. The topological polar surface area (TPSA) is 24.9 Å². The summed E-state index contributed by atoms with van der Waals surface area (Å²) in [4.78, 5) is 4.60. The zero-order valence-corrected chi connectivity index (χ0v) is 12.3. The molecule has 20 heavy (non-hydrogen) atoms. The highest BCUT2D eigenvalue weighted by Crippen LogP contribution is 2.22. The van der Waals surface area contributed by atoms with Crippen LogP contribution in [-0.2, 0) is 0 Å². The van der Waals surface area contributed by atoms with Crippen molar-refractivity contribution < 1.29 is 4.39 Å². The van der Waals surface area contributed by atoms with E-state index in [1.807, 2.05) is 37.3 Å². The summed E-state index contributed by atoms with van der Waals surface area (Å²) in [5.41, 5.74) is 3.68. The summed E-state index contributed by atoms with van der Waals surface area (Å²) >= 11 is 0. The number of benzene rings is 1.